The van der Waals surface area contributed by atoms with Gasteiger partial charge in [0.1, 0.15) is 0 Å². The molecule has 0 heterocycles. The molecule has 9 heteroatoms. The predicted molar refractivity (Wildman–Crippen MR) is 122 cm³/mol. The van der Waals surface area contributed by atoms with Gasteiger partial charge in [-0.3, -0.25) is 19.2 Å². The maximum absolute atomic E-state index is 12.5. The van der Waals surface area contributed by atoms with E-state index in [0.29, 0.717) is 0 Å². The molecule has 0 aromatic heterocycles. The molecule has 0 aliphatic heterocycles. The van der Waals surface area contributed by atoms with Crippen molar-refractivity contribution in [3.8, 4) is 0 Å². The van der Waals surface area contributed by atoms with Gasteiger partial charge >= 0.3 is 0 Å². The molecule has 0 fully saturated rings. The summed E-state index contributed by atoms with van der Waals surface area (Å²) in [7, 11) is -3.66. The first-order chi connectivity index (χ1) is 14.5. The number of rotatable bonds is 10. The summed E-state index contributed by atoms with van der Waals surface area (Å²) in [6.07, 6.45) is 2.20. The Hall–Kier alpha value is -2.94. The number of nitro groups is 1. The van der Waals surface area contributed by atoms with E-state index in [1.54, 1.807) is 0 Å². The van der Waals surface area contributed by atoms with E-state index in [1.807, 2.05) is 32.9 Å². The van der Waals surface area contributed by atoms with Gasteiger partial charge < -0.3 is 5.32 Å². The van der Waals surface area contributed by atoms with Crippen LogP contribution in [0, 0.1) is 24.0 Å². The van der Waals surface area contributed by atoms with Crippen LogP contribution in [-0.4, -0.2) is 32.0 Å². The van der Waals surface area contributed by atoms with Crippen LogP contribution in [0.25, 0.3) is 0 Å². The normalized spacial score (nSPS) is 12.3. The van der Waals surface area contributed by atoms with Crippen LogP contribution < -0.4 is 9.62 Å². The zero-order valence-electron chi connectivity index (χ0n) is 18.3. The third-order valence-electron chi connectivity index (χ3n) is 5.04. The van der Waals surface area contributed by atoms with Crippen LogP contribution in [0.3, 0.4) is 0 Å². The van der Waals surface area contributed by atoms with E-state index in [0.717, 1.165) is 33.7 Å². The molecule has 1 amide bonds. The number of carbonyl (C=O) groups excluding carboxylic acids is 1. The Balaban J connectivity index is 2.04. The van der Waals surface area contributed by atoms with Crippen LogP contribution in [0.4, 0.5) is 11.4 Å². The molecule has 0 spiro atoms. The van der Waals surface area contributed by atoms with Gasteiger partial charge in [-0.25, -0.2) is 8.42 Å². The molecular weight excluding hydrogens is 418 g/mol. The quantitative estimate of drug-likeness (QED) is 0.437. The molecule has 0 saturated carbocycles. The summed E-state index contributed by atoms with van der Waals surface area (Å²) in [6, 6.07) is 11.5. The average molecular weight is 448 g/mol. The van der Waals surface area contributed by atoms with Crippen LogP contribution in [0.5, 0.6) is 0 Å². The number of amides is 1. The zero-order valence-corrected chi connectivity index (χ0v) is 19.1. The number of sulfonamides is 1. The first kappa shape index (κ1) is 24.3. The van der Waals surface area contributed by atoms with Crippen molar-refractivity contribution in [2.24, 2.45) is 0 Å². The SMILES string of the molecule is CC[C@H](NC(=O)CCCN(c1cccc([N+](=O)[O-])c1)S(C)(=O)=O)c1ccc(C)cc1C. The van der Waals surface area contributed by atoms with Crippen LogP contribution in [0.1, 0.15) is 48.9 Å². The Labute approximate surface area is 183 Å². The first-order valence-electron chi connectivity index (χ1n) is 10.1. The number of hydrogen-bond donors (Lipinski definition) is 1. The molecule has 1 N–H and O–H groups in total. The number of non-ortho nitro benzene ring substituents is 1. The van der Waals surface area contributed by atoms with Crippen LogP contribution in [-0.2, 0) is 14.8 Å². The molecule has 168 valence electrons. The average Bonchev–Trinajstić information content (AvgIpc) is 2.69. The molecule has 0 radical (unpaired) electrons. The third kappa shape index (κ3) is 6.78. The molecule has 2 aromatic carbocycles. The number of nitrogens with zero attached hydrogens (tertiary/aromatic N) is 2. The summed E-state index contributed by atoms with van der Waals surface area (Å²) in [6.45, 7) is 6.08. The lowest BCUT2D eigenvalue weighted by Gasteiger charge is -2.23. The first-order valence-corrected chi connectivity index (χ1v) is 12.0. The molecule has 31 heavy (non-hydrogen) atoms. The Morgan fingerprint density at radius 3 is 2.48 bits per heavy atom. The summed E-state index contributed by atoms with van der Waals surface area (Å²) in [5.74, 6) is -0.167. The summed E-state index contributed by atoms with van der Waals surface area (Å²) in [5.41, 5.74) is 3.35. The highest BCUT2D eigenvalue weighted by Gasteiger charge is 2.20. The number of nitro benzene ring substituents is 1. The van der Waals surface area contributed by atoms with Gasteiger partial charge in [0.25, 0.3) is 5.69 Å². The summed E-state index contributed by atoms with van der Waals surface area (Å²) >= 11 is 0. The van der Waals surface area contributed by atoms with Gasteiger partial charge in [0.2, 0.25) is 15.9 Å². The fourth-order valence-corrected chi connectivity index (χ4v) is 4.47. The molecule has 0 bridgehead atoms. The van der Waals surface area contributed by atoms with E-state index < -0.39 is 14.9 Å². The van der Waals surface area contributed by atoms with Crippen LogP contribution >= 0.6 is 0 Å². The molecule has 1 atom stereocenters. The molecule has 0 aliphatic carbocycles. The lowest BCUT2D eigenvalue weighted by molar-refractivity contribution is -0.384. The van der Waals surface area contributed by atoms with Crippen molar-refractivity contribution >= 4 is 27.3 Å². The number of carbonyl (C=O) groups is 1. The highest BCUT2D eigenvalue weighted by atomic mass is 32.2. The maximum Gasteiger partial charge on any atom is 0.271 e. The van der Waals surface area contributed by atoms with Crippen LogP contribution in [0.2, 0.25) is 0 Å². The molecule has 0 aliphatic rings. The highest BCUT2D eigenvalue weighted by molar-refractivity contribution is 7.92. The van der Waals surface area contributed by atoms with Crippen molar-refractivity contribution < 1.29 is 18.1 Å². The van der Waals surface area contributed by atoms with Gasteiger partial charge in [-0.1, -0.05) is 36.8 Å². The number of anilines is 1. The van der Waals surface area contributed by atoms with Crippen LogP contribution in [0.15, 0.2) is 42.5 Å². The second-order valence-corrected chi connectivity index (χ2v) is 9.51. The van der Waals surface area contributed by atoms with Crippen molar-refractivity contribution in [2.45, 2.75) is 46.1 Å². The fraction of sp³-hybridized carbons (Fsp3) is 0.409. The van der Waals surface area contributed by atoms with Gasteiger partial charge in [0.15, 0.2) is 0 Å². The number of nitrogens with one attached hydrogen (secondary N) is 1. The number of aryl methyl sites for hydroxylation is 2. The van der Waals surface area contributed by atoms with Crippen molar-refractivity contribution in [3.05, 3.63) is 69.3 Å². The molecule has 0 unspecified atom stereocenters. The molecule has 8 nitrogen and oxygen atoms in total. The van der Waals surface area contributed by atoms with Crippen molar-refractivity contribution in [1.82, 2.24) is 5.32 Å². The van der Waals surface area contributed by atoms with E-state index in [9.17, 15) is 23.3 Å². The van der Waals surface area contributed by atoms with Gasteiger partial charge in [0, 0.05) is 25.1 Å². The molecular formula is C22H29N3O5S. The Morgan fingerprint density at radius 2 is 1.90 bits per heavy atom. The largest absolute Gasteiger partial charge is 0.349 e. The summed E-state index contributed by atoms with van der Waals surface area (Å²) < 4.78 is 25.5. The van der Waals surface area contributed by atoms with E-state index in [2.05, 4.69) is 11.4 Å². The second kappa shape index (κ2) is 10.4. The Morgan fingerprint density at radius 1 is 1.19 bits per heavy atom. The van der Waals surface area contributed by atoms with E-state index in [-0.39, 0.29) is 42.7 Å². The topological polar surface area (TPSA) is 110 Å². The van der Waals surface area contributed by atoms with Gasteiger partial charge in [0.05, 0.1) is 22.9 Å². The number of benzene rings is 2. The lowest BCUT2D eigenvalue weighted by Crippen LogP contribution is -2.33. The summed E-state index contributed by atoms with van der Waals surface area (Å²) in [4.78, 5) is 22.9. The summed E-state index contributed by atoms with van der Waals surface area (Å²) in [5, 5.41) is 14.0. The third-order valence-corrected chi connectivity index (χ3v) is 6.23. The Kier molecular flexibility index (Phi) is 8.15. The highest BCUT2D eigenvalue weighted by Crippen LogP contribution is 2.24. The van der Waals surface area contributed by atoms with Crippen molar-refractivity contribution in [1.29, 1.82) is 0 Å². The van der Waals surface area contributed by atoms with E-state index in [1.165, 1.54) is 24.3 Å². The lowest BCUT2D eigenvalue weighted by atomic mass is 9.97. The maximum atomic E-state index is 12.5. The molecule has 0 saturated heterocycles. The fourth-order valence-electron chi connectivity index (χ4n) is 3.51. The van der Waals surface area contributed by atoms with E-state index >= 15 is 0 Å². The minimum Gasteiger partial charge on any atom is -0.349 e. The minimum atomic E-state index is -3.66. The van der Waals surface area contributed by atoms with Gasteiger partial charge in [-0.05, 0) is 43.9 Å². The number of hydrogen-bond acceptors (Lipinski definition) is 5. The smallest absolute Gasteiger partial charge is 0.271 e. The zero-order chi connectivity index (χ0) is 23.2. The monoisotopic (exact) mass is 447 g/mol. The van der Waals surface area contributed by atoms with E-state index in [4.69, 9.17) is 0 Å². The standard InChI is InChI=1S/C22H29N3O5S/c1-5-21(20-12-11-16(2)14-17(20)3)23-22(26)10-7-13-24(31(4,29)30)18-8-6-9-19(15-18)25(27)28/h6,8-9,11-12,14-15,21H,5,7,10,13H2,1-4H3,(H,23,26)/t21-/m0/s1. The Bertz CT molecular complexity index is 1050. The van der Waals surface area contributed by atoms with Crippen molar-refractivity contribution in [3.63, 3.8) is 0 Å². The molecule has 2 aromatic rings. The second-order valence-electron chi connectivity index (χ2n) is 7.60. The van der Waals surface area contributed by atoms with Gasteiger partial charge in [-0.2, -0.15) is 0 Å². The molecule has 2 rings (SSSR count). The van der Waals surface area contributed by atoms with Crippen molar-refractivity contribution in [2.75, 3.05) is 17.1 Å². The predicted octanol–water partition coefficient (Wildman–Crippen LogP) is 4.03. The minimum absolute atomic E-state index is 0.0494. The van der Waals surface area contributed by atoms with Gasteiger partial charge in [-0.15, -0.1) is 0 Å².